The topological polar surface area (TPSA) is 53.9 Å². The van der Waals surface area contributed by atoms with Gasteiger partial charge in [-0.3, -0.25) is 9.59 Å². The Bertz CT molecular complexity index is 562. The van der Waals surface area contributed by atoms with E-state index in [9.17, 15) is 9.59 Å². The largest absolute Gasteiger partial charge is 0.335 e. The minimum Gasteiger partial charge on any atom is -0.335 e. The van der Waals surface area contributed by atoms with Crippen molar-refractivity contribution in [3.63, 3.8) is 0 Å². The molecule has 1 aliphatic rings. The van der Waals surface area contributed by atoms with Crippen molar-refractivity contribution in [2.75, 3.05) is 32.0 Å². The highest BCUT2D eigenvalue weighted by Gasteiger charge is 2.27. The van der Waals surface area contributed by atoms with E-state index < -0.39 is 0 Å². The van der Waals surface area contributed by atoms with Gasteiger partial charge in [-0.15, -0.1) is 0 Å². The van der Waals surface area contributed by atoms with Crippen molar-refractivity contribution in [1.82, 2.24) is 4.90 Å². The number of anilines is 1. The number of halogens is 1. The molecule has 1 heterocycles. The monoisotopic (exact) mass is 352 g/mol. The number of quaternary nitrogens is 1. The Labute approximate surface area is 149 Å². The van der Waals surface area contributed by atoms with Gasteiger partial charge in [-0.1, -0.05) is 18.5 Å². The lowest BCUT2D eigenvalue weighted by Crippen LogP contribution is -3.11. The molecule has 0 aromatic heterocycles. The minimum atomic E-state index is -0.103. The third-order valence-electron chi connectivity index (χ3n) is 4.46. The van der Waals surface area contributed by atoms with Crippen molar-refractivity contribution in [3.8, 4) is 0 Å². The molecule has 2 N–H and O–H groups in total. The van der Waals surface area contributed by atoms with Gasteiger partial charge in [-0.2, -0.15) is 0 Å². The van der Waals surface area contributed by atoms with Crippen molar-refractivity contribution in [2.24, 2.45) is 0 Å². The molecule has 1 fully saturated rings. The fourth-order valence-electron chi connectivity index (χ4n) is 3.19. The van der Waals surface area contributed by atoms with Crippen LogP contribution in [0.4, 0.5) is 5.69 Å². The molecule has 0 radical (unpaired) electrons. The van der Waals surface area contributed by atoms with Crippen LogP contribution in [0.1, 0.15) is 32.6 Å². The number of benzene rings is 1. The zero-order valence-corrected chi connectivity index (χ0v) is 15.2. The Hall–Kier alpha value is -1.59. The summed E-state index contributed by atoms with van der Waals surface area (Å²) in [7, 11) is 1.88. The number of hydrogen-bond acceptors (Lipinski definition) is 2. The van der Waals surface area contributed by atoms with Crippen molar-refractivity contribution in [1.29, 1.82) is 0 Å². The van der Waals surface area contributed by atoms with Gasteiger partial charge in [0.15, 0.2) is 13.1 Å². The molecule has 0 bridgehead atoms. The molecule has 2 atom stereocenters. The summed E-state index contributed by atoms with van der Waals surface area (Å²) in [5.41, 5.74) is 0.714. The number of rotatable bonds is 6. The van der Waals surface area contributed by atoms with Gasteiger partial charge in [0, 0.05) is 23.3 Å². The van der Waals surface area contributed by atoms with E-state index in [2.05, 4.69) is 12.2 Å². The minimum absolute atomic E-state index is 0.103. The fourth-order valence-corrected chi connectivity index (χ4v) is 3.31. The van der Waals surface area contributed by atoms with E-state index in [1.165, 1.54) is 6.42 Å². The standard InChI is InChI=1S/C18H26ClN3O2/c1-3-16-6-4-5-11-22(16)18(24)13-21(2)12-17(23)20-15-9-7-14(19)8-10-15/h7-10,16H,3-6,11-13H2,1-2H3,(H,20,23)/p+1/t16-/m0/s1. The average molecular weight is 353 g/mol. The Morgan fingerprint density at radius 1 is 1.25 bits per heavy atom. The smallest absolute Gasteiger partial charge is 0.279 e. The van der Waals surface area contributed by atoms with Crippen molar-refractivity contribution >= 4 is 29.1 Å². The molecule has 2 amide bonds. The summed E-state index contributed by atoms with van der Waals surface area (Å²) in [4.78, 5) is 27.5. The Kier molecular flexibility index (Phi) is 7.06. The van der Waals surface area contributed by atoms with Crippen LogP contribution in [-0.2, 0) is 9.59 Å². The number of piperidine rings is 1. The molecule has 132 valence electrons. The number of amides is 2. The molecule has 24 heavy (non-hydrogen) atoms. The number of carbonyl (C=O) groups excluding carboxylic acids is 2. The van der Waals surface area contributed by atoms with E-state index in [0.29, 0.717) is 23.3 Å². The van der Waals surface area contributed by atoms with Crippen LogP contribution >= 0.6 is 11.6 Å². The summed E-state index contributed by atoms with van der Waals surface area (Å²) in [6.07, 6.45) is 4.38. The normalized spacial score (nSPS) is 19.0. The lowest BCUT2D eigenvalue weighted by atomic mass is 10.00. The third-order valence-corrected chi connectivity index (χ3v) is 4.71. The van der Waals surface area contributed by atoms with Crippen LogP contribution in [0.5, 0.6) is 0 Å². The molecule has 0 saturated carbocycles. The molecule has 1 saturated heterocycles. The van der Waals surface area contributed by atoms with Crippen LogP contribution in [0.25, 0.3) is 0 Å². The maximum absolute atomic E-state index is 12.5. The summed E-state index contributed by atoms with van der Waals surface area (Å²) in [5, 5.41) is 3.46. The quantitative estimate of drug-likeness (QED) is 0.816. The van der Waals surface area contributed by atoms with Crippen LogP contribution in [0.2, 0.25) is 5.02 Å². The predicted molar refractivity (Wildman–Crippen MR) is 96.3 cm³/mol. The number of nitrogens with one attached hydrogen (secondary N) is 2. The van der Waals surface area contributed by atoms with Gasteiger partial charge in [0.1, 0.15) is 0 Å². The van der Waals surface area contributed by atoms with E-state index in [-0.39, 0.29) is 18.4 Å². The van der Waals surface area contributed by atoms with Crippen LogP contribution in [0.15, 0.2) is 24.3 Å². The number of hydrogen-bond donors (Lipinski definition) is 2. The zero-order chi connectivity index (χ0) is 17.5. The van der Waals surface area contributed by atoms with E-state index in [1.807, 2.05) is 11.9 Å². The van der Waals surface area contributed by atoms with E-state index in [4.69, 9.17) is 11.6 Å². The molecular weight excluding hydrogens is 326 g/mol. The summed E-state index contributed by atoms with van der Waals surface area (Å²) in [6, 6.07) is 7.36. The number of carbonyl (C=O) groups is 2. The van der Waals surface area contributed by atoms with Crippen LogP contribution in [-0.4, -0.2) is 49.4 Å². The summed E-state index contributed by atoms with van der Waals surface area (Å²) in [6.45, 7) is 3.59. The molecule has 1 aromatic carbocycles. The molecule has 0 spiro atoms. The Balaban J connectivity index is 1.81. The van der Waals surface area contributed by atoms with E-state index in [0.717, 1.165) is 30.7 Å². The van der Waals surface area contributed by atoms with Gasteiger partial charge in [0.05, 0.1) is 7.05 Å². The molecule has 2 rings (SSSR count). The first-order chi connectivity index (χ1) is 11.5. The summed E-state index contributed by atoms with van der Waals surface area (Å²) in [5.74, 6) is 0.0478. The van der Waals surface area contributed by atoms with Crippen LogP contribution in [0, 0.1) is 0 Å². The highest BCUT2D eigenvalue weighted by atomic mass is 35.5. The van der Waals surface area contributed by atoms with Gasteiger partial charge in [-0.25, -0.2) is 0 Å². The second-order valence-electron chi connectivity index (χ2n) is 6.51. The van der Waals surface area contributed by atoms with Gasteiger partial charge < -0.3 is 15.1 Å². The second-order valence-corrected chi connectivity index (χ2v) is 6.95. The van der Waals surface area contributed by atoms with Gasteiger partial charge in [0.2, 0.25) is 0 Å². The van der Waals surface area contributed by atoms with Gasteiger partial charge in [-0.05, 0) is 49.9 Å². The number of likely N-dealkylation sites (N-methyl/N-ethyl adjacent to an activating group) is 1. The highest BCUT2D eigenvalue weighted by molar-refractivity contribution is 6.30. The molecule has 1 aliphatic heterocycles. The van der Waals surface area contributed by atoms with Crippen LogP contribution in [0.3, 0.4) is 0 Å². The fraction of sp³-hybridized carbons (Fsp3) is 0.556. The molecule has 1 aromatic rings. The lowest BCUT2D eigenvalue weighted by molar-refractivity contribution is -0.862. The number of nitrogens with zero attached hydrogens (tertiary/aromatic N) is 1. The summed E-state index contributed by atoms with van der Waals surface area (Å²) >= 11 is 5.83. The van der Waals surface area contributed by atoms with E-state index >= 15 is 0 Å². The maximum atomic E-state index is 12.5. The first-order valence-electron chi connectivity index (χ1n) is 8.65. The highest BCUT2D eigenvalue weighted by Crippen LogP contribution is 2.19. The number of likely N-dealkylation sites (tertiary alicyclic amines) is 1. The van der Waals surface area contributed by atoms with Gasteiger partial charge >= 0.3 is 0 Å². The lowest BCUT2D eigenvalue weighted by Gasteiger charge is -2.35. The third kappa shape index (κ3) is 5.49. The van der Waals surface area contributed by atoms with Crippen molar-refractivity contribution in [2.45, 2.75) is 38.6 Å². The van der Waals surface area contributed by atoms with Crippen LogP contribution < -0.4 is 10.2 Å². The van der Waals surface area contributed by atoms with Crippen molar-refractivity contribution in [3.05, 3.63) is 29.3 Å². The van der Waals surface area contributed by atoms with E-state index in [1.54, 1.807) is 24.3 Å². The van der Waals surface area contributed by atoms with Gasteiger partial charge in [0.25, 0.3) is 11.8 Å². The molecular formula is C18H27ClN3O2+. The second kappa shape index (κ2) is 9.04. The first kappa shape index (κ1) is 18.7. The van der Waals surface area contributed by atoms with Crippen molar-refractivity contribution < 1.29 is 14.5 Å². The Morgan fingerprint density at radius 2 is 1.96 bits per heavy atom. The summed E-state index contributed by atoms with van der Waals surface area (Å²) < 4.78 is 0. The molecule has 5 nitrogen and oxygen atoms in total. The predicted octanol–water partition coefficient (Wildman–Crippen LogP) is 1.58. The molecule has 6 heteroatoms. The molecule has 1 unspecified atom stereocenters. The Morgan fingerprint density at radius 3 is 2.62 bits per heavy atom. The SMILES string of the molecule is CC[C@H]1CCCCN1C(=O)C[NH+](C)CC(=O)Nc1ccc(Cl)cc1. The zero-order valence-electron chi connectivity index (χ0n) is 14.5. The first-order valence-corrected chi connectivity index (χ1v) is 9.03. The maximum Gasteiger partial charge on any atom is 0.279 e. The molecule has 0 aliphatic carbocycles. The average Bonchev–Trinajstić information content (AvgIpc) is 2.56.